The first kappa shape index (κ1) is 43.8. The van der Waals surface area contributed by atoms with E-state index in [1.807, 2.05) is 36.4 Å². The molecule has 5 aromatic carbocycles. The first-order valence-corrected chi connectivity index (χ1v) is 17.7. The highest BCUT2D eigenvalue weighted by Crippen LogP contribution is 2.26. The van der Waals surface area contributed by atoms with Gasteiger partial charge in [-0.05, 0) is 66.9 Å². The Morgan fingerprint density at radius 2 is 0.982 bits per heavy atom. The fourth-order valence-corrected chi connectivity index (χ4v) is 4.78. The third-order valence-electron chi connectivity index (χ3n) is 8.01. The van der Waals surface area contributed by atoms with E-state index in [0.717, 1.165) is 33.8 Å². The highest BCUT2D eigenvalue weighted by Gasteiger charge is 2.07. The zero-order chi connectivity index (χ0) is 39.8. The van der Waals surface area contributed by atoms with Crippen molar-refractivity contribution in [3.8, 4) is 28.7 Å². The van der Waals surface area contributed by atoms with Crippen molar-refractivity contribution in [3.05, 3.63) is 148 Å². The van der Waals surface area contributed by atoms with Crippen molar-refractivity contribution in [1.29, 1.82) is 0 Å². The van der Waals surface area contributed by atoms with Gasteiger partial charge in [-0.15, -0.1) is 0 Å². The molecule has 0 saturated carbocycles. The number of carbonyl (C=O) groups is 1. The van der Waals surface area contributed by atoms with Gasteiger partial charge in [0, 0.05) is 36.9 Å². The van der Waals surface area contributed by atoms with Gasteiger partial charge in [-0.2, -0.15) is 0 Å². The Kier molecular flexibility index (Phi) is 19.7. The molecular weight excluding hydrogens is 702 g/mol. The molecule has 0 atom stereocenters. The Bertz CT molecular complexity index is 1830. The zero-order valence-corrected chi connectivity index (χ0v) is 32.2. The molecule has 0 heterocycles. The smallest absolute Gasteiger partial charge is 0.258 e. The van der Waals surface area contributed by atoms with Gasteiger partial charge in [0.2, 0.25) is 0 Å². The number of aryl methyl sites for hydroxylation is 2. The standard InChI is InChI=1S/C16H18O3.C15H16O2.C13H19NO5/c1-12-3-5-13(6-4-12)11-19-15-8-7-14(10-17)16(9-15)18-2;1-12-2-4-14(5-3-12)11-17-15-8-6-13(10-16)7-9-15;1-17-6-5-14-13(16)9-19-11-4-3-10(8-15)12(7-11)18-2/h3-9,17H,10-11H2,1-2H3;2-9,16H,10-11H2,1H3;3-4,7,15H,5-6,8-9H2,1-2H3,(H,14,16). The van der Waals surface area contributed by atoms with Crippen LogP contribution in [0.5, 0.6) is 28.7 Å². The van der Waals surface area contributed by atoms with E-state index >= 15 is 0 Å². The molecule has 0 aliphatic heterocycles. The minimum Gasteiger partial charge on any atom is -0.496 e. The van der Waals surface area contributed by atoms with E-state index in [-0.39, 0.29) is 32.3 Å². The van der Waals surface area contributed by atoms with E-state index in [1.165, 1.54) is 18.2 Å². The predicted octanol–water partition coefficient (Wildman–Crippen LogP) is 6.47. The molecule has 0 aliphatic carbocycles. The average Bonchev–Trinajstić information content (AvgIpc) is 3.23. The number of rotatable bonds is 17. The van der Waals surface area contributed by atoms with Crippen molar-refractivity contribution < 1.29 is 48.5 Å². The number of benzene rings is 5. The number of methoxy groups -OCH3 is 3. The van der Waals surface area contributed by atoms with Crippen LogP contribution in [0.3, 0.4) is 0 Å². The number of hydrogen-bond donors (Lipinski definition) is 4. The Balaban J connectivity index is 0.000000222. The fraction of sp³-hybridized carbons (Fsp3) is 0.295. The summed E-state index contributed by atoms with van der Waals surface area (Å²) in [6, 6.07) is 34.4. The van der Waals surface area contributed by atoms with Crippen LogP contribution in [-0.2, 0) is 42.6 Å². The second-order valence-corrected chi connectivity index (χ2v) is 12.2. The minimum absolute atomic E-state index is 0.0403. The summed E-state index contributed by atoms with van der Waals surface area (Å²) in [4.78, 5) is 11.4. The second kappa shape index (κ2) is 24.7. The minimum atomic E-state index is -0.220. The Labute approximate surface area is 324 Å². The van der Waals surface area contributed by atoms with E-state index in [0.29, 0.717) is 49.2 Å². The van der Waals surface area contributed by atoms with Gasteiger partial charge in [-0.25, -0.2) is 0 Å². The summed E-state index contributed by atoms with van der Waals surface area (Å²) in [6.45, 7) is 5.96. The number of amides is 1. The largest absolute Gasteiger partial charge is 0.496 e. The van der Waals surface area contributed by atoms with E-state index in [4.69, 9.17) is 43.7 Å². The topological polar surface area (TPSA) is 145 Å². The Morgan fingerprint density at radius 3 is 1.42 bits per heavy atom. The van der Waals surface area contributed by atoms with Gasteiger partial charge < -0.3 is 49.1 Å². The predicted molar refractivity (Wildman–Crippen MR) is 212 cm³/mol. The summed E-state index contributed by atoms with van der Waals surface area (Å²) in [5.74, 6) is 3.01. The molecular formula is C44H53NO10. The number of ether oxygens (including phenoxy) is 6. The van der Waals surface area contributed by atoms with Crippen LogP contribution >= 0.6 is 0 Å². The summed E-state index contributed by atoms with van der Waals surface area (Å²) in [5.41, 5.74) is 7.08. The third-order valence-corrected chi connectivity index (χ3v) is 8.01. The molecule has 0 unspecified atom stereocenters. The van der Waals surface area contributed by atoms with Crippen LogP contribution in [0.2, 0.25) is 0 Å². The van der Waals surface area contributed by atoms with Gasteiger partial charge in [-0.3, -0.25) is 4.79 Å². The van der Waals surface area contributed by atoms with Crippen LogP contribution < -0.4 is 29.0 Å². The van der Waals surface area contributed by atoms with Crippen molar-refractivity contribution in [2.45, 2.75) is 46.9 Å². The molecule has 11 heteroatoms. The lowest BCUT2D eigenvalue weighted by atomic mass is 10.1. The van der Waals surface area contributed by atoms with Crippen LogP contribution in [-0.4, -0.2) is 62.3 Å². The lowest BCUT2D eigenvalue weighted by Crippen LogP contribution is -2.31. The van der Waals surface area contributed by atoms with Crippen molar-refractivity contribution in [3.63, 3.8) is 0 Å². The van der Waals surface area contributed by atoms with Crippen molar-refractivity contribution in [2.75, 3.05) is 41.1 Å². The first-order chi connectivity index (χ1) is 26.7. The van der Waals surface area contributed by atoms with Crippen molar-refractivity contribution in [2.24, 2.45) is 0 Å². The molecule has 294 valence electrons. The van der Waals surface area contributed by atoms with Crippen molar-refractivity contribution in [1.82, 2.24) is 5.32 Å². The molecule has 0 radical (unpaired) electrons. The van der Waals surface area contributed by atoms with E-state index in [1.54, 1.807) is 38.5 Å². The van der Waals surface area contributed by atoms with Gasteiger partial charge in [0.05, 0.1) is 40.6 Å². The fourth-order valence-electron chi connectivity index (χ4n) is 4.78. The van der Waals surface area contributed by atoms with Gasteiger partial charge in [0.15, 0.2) is 6.61 Å². The quantitative estimate of drug-likeness (QED) is 0.0780. The number of aliphatic hydroxyl groups excluding tert-OH is 3. The number of hydrogen-bond acceptors (Lipinski definition) is 10. The molecule has 0 aromatic heterocycles. The van der Waals surface area contributed by atoms with Gasteiger partial charge >= 0.3 is 0 Å². The summed E-state index contributed by atoms with van der Waals surface area (Å²) >= 11 is 0. The maximum atomic E-state index is 11.4. The van der Waals surface area contributed by atoms with Crippen molar-refractivity contribution >= 4 is 5.91 Å². The summed E-state index contributed by atoms with van der Waals surface area (Å²) in [5, 5.41) is 29.8. The lowest BCUT2D eigenvalue weighted by Gasteiger charge is -2.10. The number of nitrogens with one attached hydrogen (secondary N) is 1. The SMILES string of the molecule is COCCNC(=O)COc1ccc(CO)c(OC)c1.COc1cc(OCc2ccc(C)cc2)ccc1CO.Cc1ccc(COc2ccc(CO)cc2)cc1. The molecule has 1 amide bonds. The highest BCUT2D eigenvalue weighted by molar-refractivity contribution is 5.77. The maximum Gasteiger partial charge on any atom is 0.258 e. The molecule has 0 saturated heterocycles. The van der Waals surface area contributed by atoms with Gasteiger partial charge in [0.25, 0.3) is 5.91 Å². The lowest BCUT2D eigenvalue weighted by molar-refractivity contribution is -0.123. The average molecular weight is 756 g/mol. The molecule has 0 bridgehead atoms. The third kappa shape index (κ3) is 16.1. The summed E-state index contributed by atoms with van der Waals surface area (Å²) in [6.07, 6.45) is 0. The summed E-state index contributed by atoms with van der Waals surface area (Å²) in [7, 11) is 4.66. The molecule has 11 nitrogen and oxygen atoms in total. The Morgan fingerprint density at radius 1 is 0.545 bits per heavy atom. The molecule has 0 spiro atoms. The number of aliphatic hydroxyl groups is 3. The van der Waals surface area contributed by atoms with Crippen LogP contribution in [0.4, 0.5) is 0 Å². The Hall–Kier alpha value is -5.59. The molecule has 55 heavy (non-hydrogen) atoms. The van der Waals surface area contributed by atoms with Gasteiger partial charge in [0.1, 0.15) is 42.0 Å². The van der Waals surface area contributed by atoms with Crippen LogP contribution in [0.25, 0.3) is 0 Å². The highest BCUT2D eigenvalue weighted by atomic mass is 16.5. The molecule has 0 aliphatic rings. The summed E-state index contributed by atoms with van der Waals surface area (Å²) < 4.78 is 31.8. The van der Waals surface area contributed by atoms with E-state index in [9.17, 15) is 4.79 Å². The normalized spacial score (nSPS) is 10.2. The van der Waals surface area contributed by atoms with Gasteiger partial charge in [-0.1, -0.05) is 71.8 Å². The van der Waals surface area contributed by atoms with Crippen LogP contribution in [0.15, 0.2) is 109 Å². The molecule has 5 aromatic rings. The van der Waals surface area contributed by atoms with E-state index in [2.05, 4.69) is 67.7 Å². The molecule has 5 rings (SSSR count). The van der Waals surface area contributed by atoms with Crippen LogP contribution in [0, 0.1) is 13.8 Å². The molecule has 4 N–H and O–H groups in total. The number of carbonyl (C=O) groups excluding carboxylic acids is 1. The second-order valence-electron chi connectivity index (χ2n) is 12.2. The monoisotopic (exact) mass is 755 g/mol. The first-order valence-electron chi connectivity index (χ1n) is 17.7. The van der Waals surface area contributed by atoms with E-state index < -0.39 is 0 Å². The zero-order valence-electron chi connectivity index (χ0n) is 32.2. The van der Waals surface area contributed by atoms with Crippen LogP contribution in [0.1, 0.15) is 38.9 Å². The molecule has 0 fully saturated rings. The maximum absolute atomic E-state index is 11.4.